The average molecular weight is 210 g/mol. The maximum atomic E-state index is 11.5. The maximum absolute atomic E-state index is 11.5. The van der Waals surface area contributed by atoms with Gasteiger partial charge in [-0.1, -0.05) is 6.08 Å². The highest BCUT2D eigenvalue weighted by Gasteiger charge is 2.60. The van der Waals surface area contributed by atoms with Crippen LogP contribution in [-0.4, -0.2) is 25.2 Å². The third kappa shape index (κ3) is 1.54. The second-order valence-corrected chi connectivity index (χ2v) is 4.15. The molecule has 2 atom stereocenters. The van der Waals surface area contributed by atoms with E-state index in [2.05, 4.69) is 0 Å². The van der Waals surface area contributed by atoms with E-state index in [1.807, 2.05) is 0 Å². The van der Waals surface area contributed by atoms with E-state index in [9.17, 15) is 9.59 Å². The fourth-order valence-electron chi connectivity index (χ4n) is 2.29. The lowest BCUT2D eigenvalue weighted by molar-refractivity contribution is -0.153. The standard InChI is InChI=1S/C11H14O4/c1-7(12)15-9-4-3-8(10(13)14-2)11(9)5-6-11/h3-4,8-9H,5-6H2,1-2H3. The average Bonchev–Trinajstić information content (AvgIpc) is 2.88. The molecule has 0 aromatic rings. The van der Waals surface area contributed by atoms with Crippen molar-refractivity contribution in [3.05, 3.63) is 12.2 Å². The first-order valence-corrected chi connectivity index (χ1v) is 5.03. The summed E-state index contributed by atoms with van der Waals surface area (Å²) in [5, 5.41) is 0. The van der Waals surface area contributed by atoms with Crippen molar-refractivity contribution in [1.82, 2.24) is 0 Å². The quantitative estimate of drug-likeness (QED) is 0.505. The minimum absolute atomic E-state index is 0.196. The number of carbonyl (C=O) groups is 2. The molecule has 0 bridgehead atoms. The molecule has 1 saturated carbocycles. The van der Waals surface area contributed by atoms with Gasteiger partial charge in [0.1, 0.15) is 6.10 Å². The van der Waals surface area contributed by atoms with Gasteiger partial charge in [-0.3, -0.25) is 9.59 Å². The lowest BCUT2D eigenvalue weighted by Crippen LogP contribution is -2.31. The molecule has 1 fully saturated rings. The van der Waals surface area contributed by atoms with Crippen LogP contribution in [-0.2, 0) is 19.1 Å². The minimum atomic E-state index is -0.304. The number of methoxy groups -OCH3 is 1. The van der Waals surface area contributed by atoms with Crippen molar-refractivity contribution in [3.63, 3.8) is 0 Å². The summed E-state index contributed by atoms with van der Waals surface area (Å²) >= 11 is 0. The summed E-state index contributed by atoms with van der Waals surface area (Å²) in [4.78, 5) is 22.4. The molecule has 0 amide bonds. The van der Waals surface area contributed by atoms with E-state index in [-0.39, 0.29) is 29.4 Å². The van der Waals surface area contributed by atoms with Crippen molar-refractivity contribution in [2.75, 3.05) is 7.11 Å². The van der Waals surface area contributed by atoms with E-state index >= 15 is 0 Å². The van der Waals surface area contributed by atoms with Crippen LogP contribution in [0.1, 0.15) is 19.8 Å². The summed E-state index contributed by atoms with van der Waals surface area (Å²) in [6.45, 7) is 1.38. The van der Waals surface area contributed by atoms with E-state index in [1.54, 1.807) is 12.2 Å². The SMILES string of the molecule is COC(=O)C1C=CC(OC(C)=O)C12CC2. The highest BCUT2D eigenvalue weighted by Crippen LogP contribution is 2.59. The van der Waals surface area contributed by atoms with Crippen LogP contribution in [0.25, 0.3) is 0 Å². The van der Waals surface area contributed by atoms with Crippen LogP contribution in [0.4, 0.5) is 0 Å². The van der Waals surface area contributed by atoms with Crippen molar-refractivity contribution < 1.29 is 19.1 Å². The first kappa shape index (κ1) is 10.2. The molecule has 0 aromatic heterocycles. The van der Waals surface area contributed by atoms with Gasteiger partial charge in [-0.15, -0.1) is 0 Å². The fraction of sp³-hybridized carbons (Fsp3) is 0.636. The Balaban J connectivity index is 2.12. The van der Waals surface area contributed by atoms with Crippen LogP contribution in [0.2, 0.25) is 0 Å². The summed E-state index contributed by atoms with van der Waals surface area (Å²) in [6, 6.07) is 0. The Morgan fingerprint density at radius 2 is 2.00 bits per heavy atom. The molecule has 0 aliphatic heterocycles. The lowest BCUT2D eigenvalue weighted by Gasteiger charge is -2.22. The van der Waals surface area contributed by atoms with Gasteiger partial charge in [0.05, 0.1) is 13.0 Å². The van der Waals surface area contributed by atoms with Gasteiger partial charge >= 0.3 is 11.9 Å². The number of rotatable bonds is 2. The molecule has 1 spiro atoms. The molecule has 0 radical (unpaired) electrons. The maximum Gasteiger partial charge on any atom is 0.313 e. The van der Waals surface area contributed by atoms with Crippen LogP contribution >= 0.6 is 0 Å². The second kappa shape index (κ2) is 3.36. The molecule has 15 heavy (non-hydrogen) atoms. The van der Waals surface area contributed by atoms with Crippen molar-refractivity contribution in [1.29, 1.82) is 0 Å². The topological polar surface area (TPSA) is 52.6 Å². The van der Waals surface area contributed by atoms with E-state index in [0.29, 0.717) is 0 Å². The number of carbonyl (C=O) groups excluding carboxylic acids is 2. The summed E-state index contributed by atoms with van der Waals surface area (Å²) in [7, 11) is 1.38. The highest BCUT2D eigenvalue weighted by molar-refractivity contribution is 5.77. The summed E-state index contributed by atoms with van der Waals surface area (Å²) in [6.07, 6.45) is 5.18. The van der Waals surface area contributed by atoms with Crippen LogP contribution in [0, 0.1) is 11.3 Å². The Kier molecular flexibility index (Phi) is 2.29. The fourth-order valence-corrected chi connectivity index (χ4v) is 2.29. The van der Waals surface area contributed by atoms with E-state index in [4.69, 9.17) is 9.47 Å². The van der Waals surface area contributed by atoms with Crippen LogP contribution in [0.5, 0.6) is 0 Å². The Labute approximate surface area is 88.2 Å². The molecule has 2 unspecified atom stereocenters. The molecule has 0 aromatic carbocycles. The normalized spacial score (nSPS) is 30.3. The lowest BCUT2D eigenvalue weighted by atomic mass is 9.90. The molecule has 4 heteroatoms. The number of ether oxygens (including phenoxy) is 2. The molecule has 82 valence electrons. The Hall–Kier alpha value is -1.32. The van der Waals surface area contributed by atoms with Crippen LogP contribution < -0.4 is 0 Å². The molecule has 0 saturated heterocycles. The molecule has 0 N–H and O–H groups in total. The zero-order valence-corrected chi connectivity index (χ0v) is 8.86. The first-order chi connectivity index (χ1) is 7.10. The third-order valence-electron chi connectivity index (χ3n) is 3.24. The highest BCUT2D eigenvalue weighted by atomic mass is 16.5. The van der Waals surface area contributed by atoms with E-state index in [0.717, 1.165) is 12.8 Å². The minimum Gasteiger partial charge on any atom is -0.469 e. The molecular weight excluding hydrogens is 196 g/mol. The smallest absolute Gasteiger partial charge is 0.313 e. The largest absolute Gasteiger partial charge is 0.469 e. The monoisotopic (exact) mass is 210 g/mol. The predicted molar refractivity (Wildman–Crippen MR) is 51.9 cm³/mol. The van der Waals surface area contributed by atoms with E-state index in [1.165, 1.54) is 14.0 Å². The zero-order chi connectivity index (χ0) is 11.1. The van der Waals surface area contributed by atoms with Gasteiger partial charge in [-0.05, 0) is 18.9 Å². The van der Waals surface area contributed by atoms with Gasteiger partial charge in [0.15, 0.2) is 0 Å². The summed E-state index contributed by atoms with van der Waals surface area (Å²) in [5.74, 6) is -0.785. The van der Waals surface area contributed by atoms with Gasteiger partial charge in [-0.25, -0.2) is 0 Å². The zero-order valence-electron chi connectivity index (χ0n) is 8.86. The first-order valence-electron chi connectivity index (χ1n) is 5.03. The molecule has 2 aliphatic carbocycles. The van der Waals surface area contributed by atoms with Gasteiger partial charge < -0.3 is 9.47 Å². The summed E-state index contributed by atoms with van der Waals surface area (Å²) < 4.78 is 9.91. The van der Waals surface area contributed by atoms with Crippen molar-refractivity contribution in [2.24, 2.45) is 11.3 Å². The molecule has 2 rings (SSSR count). The second-order valence-electron chi connectivity index (χ2n) is 4.15. The van der Waals surface area contributed by atoms with Gasteiger partial charge in [0.25, 0.3) is 0 Å². The van der Waals surface area contributed by atoms with Crippen molar-refractivity contribution in [3.8, 4) is 0 Å². The van der Waals surface area contributed by atoms with Gasteiger partial charge in [0, 0.05) is 12.3 Å². The van der Waals surface area contributed by atoms with E-state index < -0.39 is 0 Å². The Bertz CT molecular complexity index is 327. The predicted octanol–water partition coefficient (Wildman–Crippen LogP) is 1.06. The van der Waals surface area contributed by atoms with Crippen molar-refractivity contribution in [2.45, 2.75) is 25.9 Å². The molecule has 2 aliphatic rings. The van der Waals surface area contributed by atoms with Crippen LogP contribution in [0.3, 0.4) is 0 Å². The molecule has 4 nitrogen and oxygen atoms in total. The Morgan fingerprint density at radius 1 is 1.33 bits per heavy atom. The number of hydrogen-bond acceptors (Lipinski definition) is 4. The van der Waals surface area contributed by atoms with Crippen LogP contribution in [0.15, 0.2) is 12.2 Å². The Morgan fingerprint density at radius 3 is 2.47 bits per heavy atom. The third-order valence-corrected chi connectivity index (χ3v) is 3.24. The van der Waals surface area contributed by atoms with Gasteiger partial charge in [0.2, 0.25) is 0 Å². The molecular formula is C11H14O4. The van der Waals surface area contributed by atoms with Crippen molar-refractivity contribution >= 4 is 11.9 Å². The van der Waals surface area contributed by atoms with Gasteiger partial charge in [-0.2, -0.15) is 0 Å². The number of hydrogen-bond donors (Lipinski definition) is 0. The molecule has 0 heterocycles. The number of esters is 2. The summed E-state index contributed by atoms with van der Waals surface area (Å²) in [5.41, 5.74) is -0.196.